The van der Waals surface area contributed by atoms with Gasteiger partial charge in [-0.05, 0) is 53.9 Å². The minimum atomic E-state index is 0.0347. The van der Waals surface area contributed by atoms with Crippen LogP contribution in [0.2, 0.25) is 0 Å². The Kier molecular flexibility index (Phi) is 2.73. The molecule has 2 N–H and O–H groups in total. The van der Waals surface area contributed by atoms with Crippen molar-refractivity contribution in [2.45, 2.75) is 0 Å². The largest absolute Gasteiger partial charge is 0.399 e. The van der Waals surface area contributed by atoms with E-state index in [1.165, 1.54) is 0 Å². The van der Waals surface area contributed by atoms with Crippen molar-refractivity contribution in [1.29, 1.82) is 0 Å². The highest BCUT2D eigenvalue weighted by Gasteiger charge is 2.14. The normalized spacial score (nSPS) is 11.1. The van der Waals surface area contributed by atoms with E-state index in [-0.39, 0.29) is 5.43 Å². The first-order valence-electron chi connectivity index (χ1n) is 7.13. The molecule has 2 aliphatic rings. The van der Waals surface area contributed by atoms with E-state index in [1.54, 1.807) is 12.1 Å². The lowest BCUT2D eigenvalue weighted by molar-refractivity contribution is 1.11. The lowest BCUT2D eigenvalue weighted by Crippen LogP contribution is -2.11. The number of rotatable bonds is 1. The topological polar surface area (TPSA) is 48.0 Å². The number of nitrogen functional groups attached to an aromatic ring is 1. The number of hydrogen-bond acceptors (Lipinski definition) is 2. The summed E-state index contributed by atoms with van der Waals surface area (Å²) in [6.45, 7) is 0. The van der Waals surface area contributed by atoms with Gasteiger partial charge in [0.1, 0.15) is 0 Å². The van der Waals surface area contributed by atoms with Crippen molar-refractivity contribution in [1.82, 2.24) is 4.57 Å². The average molecular weight is 286 g/mol. The number of anilines is 1. The van der Waals surface area contributed by atoms with Crippen molar-refractivity contribution in [3.8, 4) is 16.9 Å². The summed E-state index contributed by atoms with van der Waals surface area (Å²) >= 11 is 0. The Morgan fingerprint density at radius 3 is 2.41 bits per heavy atom. The summed E-state index contributed by atoms with van der Waals surface area (Å²) in [7, 11) is 0. The van der Waals surface area contributed by atoms with Crippen LogP contribution in [0.3, 0.4) is 0 Å². The van der Waals surface area contributed by atoms with E-state index in [9.17, 15) is 4.79 Å². The second kappa shape index (κ2) is 4.74. The molecular weight excluding hydrogens is 272 g/mol. The SMILES string of the molecule is Nc1ccc(-n2c3cccc(=O)c-3cc3ccccc32)cc1. The van der Waals surface area contributed by atoms with Crippen LogP contribution in [0.5, 0.6) is 0 Å². The highest BCUT2D eigenvalue weighted by atomic mass is 16.1. The van der Waals surface area contributed by atoms with Crippen molar-refractivity contribution >= 4 is 16.6 Å². The summed E-state index contributed by atoms with van der Waals surface area (Å²) in [6, 6.07) is 23.1. The van der Waals surface area contributed by atoms with Crippen LogP contribution < -0.4 is 11.2 Å². The van der Waals surface area contributed by atoms with Gasteiger partial charge in [-0.3, -0.25) is 4.79 Å². The molecule has 0 amide bonds. The molecule has 1 aliphatic carbocycles. The number of benzene rings is 3. The third-order valence-corrected chi connectivity index (χ3v) is 3.91. The summed E-state index contributed by atoms with van der Waals surface area (Å²) in [5.74, 6) is 0. The second-order valence-electron chi connectivity index (χ2n) is 5.32. The van der Waals surface area contributed by atoms with Crippen LogP contribution in [0.1, 0.15) is 0 Å². The zero-order valence-corrected chi connectivity index (χ0v) is 11.9. The van der Waals surface area contributed by atoms with E-state index < -0.39 is 0 Å². The molecule has 0 atom stereocenters. The van der Waals surface area contributed by atoms with Crippen LogP contribution in [-0.4, -0.2) is 4.57 Å². The van der Waals surface area contributed by atoms with Gasteiger partial charge in [0.2, 0.25) is 0 Å². The van der Waals surface area contributed by atoms with Crippen molar-refractivity contribution in [3.05, 3.63) is 83.0 Å². The van der Waals surface area contributed by atoms with Gasteiger partial charge in [-0.15, -0.1) is 0 Å². The number of pyridine rings is 1. The van der Waals surface area contributed by atoms with Crippen LogP contribution in [0.15, 0.2) is 77.6 Å². The molecule has 0 fully saturated rings. The fourth-order valence-electron chi connectivity index (χ4n) is 2.87. The fraction of sp³-hybridized carbons (Fsp3) is 0. The first-order chi connectivity index (χ1) is 10.7. The molecule has 0 radical (unpaired) electrons. The van der Waals surface area contributed by atoms with Gasteiger partial charge in [-0.25, -0.2) is 0 Å². The summed E-state index contributed by atoms with van der Waals surface area (Å²) in [4.78, 5) is 12.2. The van der Waals surface area contributed by atoms with E-state index in [4.69, 9.17) is 5.73 Å². The summed E-state index contributed by atoms with van der Waals surface area (Å²) in [5, 5.41) is 1.04. The number of nitrogens with two attached hydrogens (primary N) is 1. The van der Waals surface area contributed by atoms with Gasteiger partial charge >= 0.3 is 0 Å². The number of aromatic nitrogens is 1. The van der Waals surface area contributed by atoms with Gasteiger partial charge in [-0.1, -0.05) is 24.3 Å². The maximum atomic E-state index is 12.2. The molecule has 22 heavy (non-hydrogen) atoms. The second-order valence-corrected chi connectivity index (χ2v) is 5.32. The molecule has 2 aromatic rings. The highest BCUT2D eigenvalue weighted by molar-refractivity contribution is 5.88. The first kappa shape index (κ1) is 12.7. The molecular formula is C19H14N2O. The third kappa shape index (κ3) is 1.87. The Bertz CT molecular complexity index is 1000. The van der Waals surface area contributed by atoms with Crippen molar-refractivity contribution < 1.29 is 0 Å². The number of fused-ring (bicyclic) bond motifs is 2. The fourth-order valence-corrected chi connectivity index (χ4v) is 2.87. The smallest absolute Gasteiger partial charge is 0.187 e. The summed E-state index contributed by atoms with van der Waals surface area (Å²) < 4.78 is 2.10. The van der Waals surface area contributed by atoms with Crippen LogP contribution in [0.25, 0.3) is 27.8 Å². The lowest BCUT2D eigenvalue weighted by atomic mass is 10.0. The molecule has 1 aliphatic heterocycles. The van der Waals surface area contributed by atoms with Crippen molar-refractivity contribution in [2.75, 3.05) is 5.73 Å². The van der Waals surface area contributed by atoms with Crippen molar-refractivity contribution in [3.63, 3.8) is 0 Å². The van der Waals surface area contributed by atoms with Gasteiger partial charge in [0.05, 0.1) is 11.2 Å². The van der Waals surface area contributed by atoms with Crippen LogP contribution >= 0.6 is 0 Å². The predicted molar refractivity (Wildman–Crippen MR) is 90.6 cm³/mol. The van der Waals surface area contributed by atoms with E-state index in [2.05, 4.69) is 10.6 Å². The number of hydrogen-bond donors (Lipinski definition) is 1. The van der Waals surface area contributed by atoms with Crippen LogP contribution in [0.4, 0.5) is 5.69 Å². The van der Waals surface area contributed by atoms with Gasteiger partial charge in [0.15, 0.2) is 5.43 Å². The summed E-state index contributed by atoms with van der Waals surface area (Å²) in [5.41, 5.74) is 10.2. The van der Waals surface area contributed by atoms with E-state index in [0.29, 0.717) is 0 Å². The number of para-hydroxylation sites is 1. The quantitative estimate of drug-likeness (QED) is 0.428. The van der Waals surface area contributed by atoms with Gasteiger partial charge in [0, 0.05) is 16.9 Å². The molecule has 0 spiro atoms. The van der Waals surface area contributed by atoms with Crippen LogP contribution in [0, 0.1) is 0 Å². The molecule has 3 heteroatoms. The Morgan fingerprint density at radius 2 is 1.59 bits per heavy atom. The summed E-state index contributed by atoms with van der Waals surface area (Å²) in [6.07, 6.45) is 0. The van der Waals surface area contributed by atoms with Crippen LogP contribution in [-0.2, 0) is 0 Å². The highest BCUT2D eigenvalue weighted by Crippen LogP contribution is 2.29. The molecule has 2 aromatic carbocycles. The van der Waals surface area contributed by atoms with E-state index in [0.717, 1.165) is 33.5 Å². The zero-order chi connectivity index (χ0) is 15.1. The Labute approximate surface area is 127 Å². The standard InChI is InChI=1S/C19H14N2O/c20-14-8-10-15(11-9-14)21-17-5-2-1-4-13(17)12-16-18(21)6-3-7-19(16)22/h1-12H,20H2. The van der Waals surface area contributed by atoms with Gasteiger partial charge in [0.25, 0.3) is 0 Å². The molecule has 4 rings (SSSR count). The van der Waals surface area contributed by atoms with Gasteiger partial charge < -0.3 is 10.3 Å². The molecule has 0 saturated carbocycles. The molecule has 0 aromatic heterocycles. The predicted octanol–water partition coefficient (Wildman–Crippen LogP) is 3.68. The Morgan fingerprint density at radius 1 is 0.818 bits per heavy atom. The average Bonchev–Trinajstić information content (AvgIpc) is 2.55. The Hall–Kier alpha value is -3.07. The minimum absolute atomic E-state index is 0.0347. The van der Waals surface area contributed by atoms with E-state index >= 15 is 0 Å². The minimum Gasteiger partial charge on any atom is -0.399 e. The van der Waals surface area contributed by atoms with Crippen molar-refractivity contribution in [2.24, 2.45) is 0 Å². The van der Waals surface area contributed by atoms with Gasteiger partial charge in [-0.2, -0.15) is 0 Å². The number of nitrogens with zero attached hydrogens (tertiary/aromatic N) is 1. The molecule has 3 nitrogen and oxygen atoms in total. The molecule has 0 saturated heterocycles. The third-order valence-electron chi connectivity index (χ3n) is 3.91. The monoisotopic (exact) mass is 286 g/mol. The van der Waals surface area contributed by atoms with E-state index in [1.807, 2.05) is 54.6 Å². The molecule has 106 valence electrons. The molecule has 0 unspecified atom stereocenters. The molecule has 0 bridgehead atoms. The maximum absolute atomic E-state index is 12.2. The zero-order valence-electron chi connectivity index (χ0n) is 11.9. The maximum Gasteiger partial charge on any atom is 0.187 e. The molecule has 1 heterocycles. The lowest BCUT2D eigenvalue weighted by Gasteiger charge is -2.19. The Balaban J connectivity index is 2.19. The first-order valence-corrected chi connectivity index (χ1v) is 7.13.